The van der Waals surface area contributed by atoms with Gasteiger partial charge in [0.15, 0.2) is 0 Å². The van der Waals surface area contributed by atoms with Crippen molar-refractivity contribution in [2.24, 2.45) is 0 Å². The van der Waals surface area contributed by atoms with Crippen LogP contribution in [0.4, 0.5) is 0 Å². The predicted octanol–water partition coefficient (Wildman–Crippen LogP) is 4.43. The largest absolute Gasteiger partial charge is 0.515 e. The second kappa shape index (κ2) is 9.94. The Hall–Kier alpha value is -2.32. The molecule has 0 aliphatic carbocycles. The molecule has 6 heteroatoms. The van der Waals surface area contributed by atoms with Crippen LogP contribution in [0.2, 0.25) is 26.2 Å². The zero-order chi connectivity index (χ0) is 21.5. The molecular formula is C23H32O4Si2. The van der Waals surface area contributed by atoms with Crippen LogP contribution in [-0.2, 0) is 18.4 Å². The molecule has 2 aromatic carbocycles. The molecule has 0 aliphatic heterocycles. The van der Waals surface area contributed by atoms with Crippen molar-refractivity contribution in [3.63, 3.8) is 0 Å². The van der Waals surface area contributed by atoms with Gasteiger partial charge in [0, 0.05) is 0 Å². The van der Waals surface area contributed by atoms with Crippen molar-refractivity contribution in [3.05, 3.63) is 72.2 Å². The molecule has 2 rings (SSSR count). The molecule has 0 radical (unpaired) electrons. The van der Waals surface area contributed by atoms with Gasteiger partial charge in [0.1, 0.15) is 5.57 Å². The summed E-state index contributed by atoms with van der Waals surface area (Å²) in [7, 11) is -4.70. The van der Waals surface area contributed by atoms with Gasteiger partial charge in [-0.25, -0.2) is 4.79 Å². The van der Waals surface area contributed by atoms with Gasteiger partial charge in [-0.1, -0.05) is 67.6 Å². The number of hydrogen-bond acceptors (Lipinski definition) is 4. The Balaban J connectivity index is 2.39. The van der Waals surface area contributed by atoms with Crippen molar-refractivity contribution in [1.29, 1.82) is 0 Å². The number of carbonyl (C=O) groups excluding carboxylic acids is 1. The van der Waals surface area contributed by atoms with Crippen molar-refractivity contribution in [1.82, 2.24) is 0 Å². The van der Waals surface area contributed by atoms with Crippen LogP contribution in [0.3, 0.4) is 0 Å². The van der Waals surface area contributed by atoms with E-state index in [0.29, 0.717) is 18.1 Å². The van der Waals surface area contributed by atoms with E-state index in [1.54, 1.807) is 6.92 Å². The van der Waals surface area contributed by atoms with Crippen molar-refractivity contribution in [3.8, 4) is 0 Å². The fraction of sp³-hybridized carbons (Fsp3) is 0.348. The zero-order valence-electron chi connectivity index (χ0n) is 18.3. The summed E-state index contributed by atoms with van der Waals surface area (Å²) in [5.74, 6) is -0.0929. The Labute approximate surface area is 176 Å². The normalized spacial score (nSPS) is 11.5. The number of esters is 1. The number of ether oxygens (including phenoxy) is 1. The second-order valence-electron chi connectivity index (χ2n) is 8.01. The fourth-order valence-corrected chi connectivity index (χ4v) is 6.45. The van der Waals surface area contributed by atoms with Crippen LogP contribution in [0.15, 0.2) is 72.2 Å². The van der Waals surface area contributed by atoms with E-state index in [0.717, 1.165) is 16.8 Å². The molecule has 0 N–H and O–H groups in total. The Bertz CT molecular complexity index is 775. The topological polar surface area (TPSA) is 44.8 Å². The number of carbonyl (C=O) groups is 1. The lowest BCUT2D eigenvalue weighted by Crippen LogP contribution is -2.49. The second-order valence-corrected chi connectivity index (χ2v) is 15.6. The highest BCUT2D eigenvalue weighted by Gasteiger charge is 2.35. The predicted molar refractivity (Wildman–Crippen MR) is 123 cm³/mol. The first-order chi connectivity index (χ1) is 13.7. The highest BCUT2D eigenvalue weighted by Crippen LogP contribution is 2.22. The van der Waals surface area contributed by atoms with Gasteiger partial charge in [-0.2, -0.15) is 0 Å². The third-order valence-electron chi connectivity index (χ3n) is 4.68. The van der Waals surface area contributed by atoms with Crippen molar-refractivity contribution < 1.29 is 18.4 Å². The Morgan fingerprint density at radius 1 is 0.793 bits per heavy atom. The van der Waals surface area contributed by atoms with Crippen LogP contribution >= 0.6 is 0 Å². The van der Waals surface area contributed by atoms with E-state index in [1.807, 2.05) is 43.3 Å². The minimum atomic E-state index is -2.35. The Kier molecular flexibility index (Phi) is 7.87. The van der Waals surface area contributed by atoms with Crippen LogP contribution in [-0.4, -0.2) is 29.2 Å². The Morgan fingerprint density at radius 3 is 1.59 bits per heavy atom. The minimum absolute atomic E-state index is 0.298. The zero-order valence-corrected chi connectivity index (χ0v) is 20.3. The summed E-state index contributed by atoms with van der Waals surface area (Å²) in [4.78, 5) is 12.6. The monoisotopic (exact) mass is 428 g/mol. The number of hydrogen-bond donors (Lipinski definition) is 0. The summed E-state index contributed by atoms with van der Waals surface area (Å²) in [6, 6.07) is 20.2. The van der Waals surface area contributed by atoms with Gasteiger partial charge in [-0.3, -0.25) is 0 Å². The average molecular weight is 429 g/mol. The maximum Gasteiger partial charge on any atom is 0.340 e. The number of rotatable bonds is 9. The third kappa shape index (κ3) is 6.34. The van der Waals surface area contributed by atoms with E-state index in [2.05, 4.69) is 50.5 Å². The molecule has 0 unspecified atom stereocenters. The maximum absolute atomic E-state index is 12.6. The molecule has 2 aromatic rings. The van der Waals surface area contributed by atoms with Gasteiger partial charge < -0.3 is 13.6 Å². The van der Waals surface area contributed by atoms with Crippen LogP contribution in [0.5, 0.6) is 0 Å². The molecule has 0 fully saturated rings. The first-order valence-electron chi connectivity index (χ1n) is 10.0. The lowest BCUT2D eigenvalue weighted by molar-refractivity contribution is -0.139. The molecule has 4 nitrogen and oxygen atoms in total. The highest BCUT2D eigenvalue weighted by atomic mass is 28.4. The molecule has 0 aliphatic rings. The standard InChI is InChI=1S/C23H32O4Si2/c1-7-18-25-22(24)19(2)23(26-28(3,4)20-14-10-8-11-15-20)27-29(5,6)21-16-12-9-13-17-21/h8-17H,7,18H2,1-6H3. The smallest absolute Gasteiger partial charge is 0.340 e. The summed E-state index contributed by atoms with van der Waals surface area (Å²) in [6.45, 7) is 12.5. The van der Waals surface area contributed by atoms with Crippen molar-refractivity contribution in [2.75, 3.05) is 6.61 Å². The molecule has 29 heavy (non-hydrogen) atoms. The molecule has 0 amide bonds. The molecule has 0 heterocycles. The van der Waals surface area contributed by atoms with Crippen LogP contribution in [0.25, 0.3) is 0 Å². The van der Waals surface area contributed by atoms with E-state index >= 15 is 0 Å². The van der Waals surface area contributed by atoms with Gasteiger partial charge >= 0.3 is 5.97 Å². The molecule has 0 saturated heterocycles. The van der Waals surface area contributed by atoms with E-state index in [9.17, 15) is 4.79 Å². The average Bonchev–Trinajstić information content (AvgIpc) is 2.72. The summed E-state index contributed by atoms with van der Waals surface area (Å²) in [5.41, 5.74) is 0.381. The van der Waals surface area contributed by atoms with Crippen LogP contribution in [0.1, 0.15) is 20.3 Å². The van der Waals surface area contributed by atoms with E-state index in [1.165, 1.54) is 0 Å². The van der Waals surface area contributed by atoms with Crippen LogP contribution < -0.4 is 10.4 Å². The summed E-state index contributed by atoms with van der Waals surface area (Å²) in [6.07, 6.45) is 0.768. The lowest BCUT2D eigenvalue weighted by atomic mass is 10.3. The molecular weight excluding hydrogens is 396 g/mol. The summed E-state index contributed by atoms with van der Waals surface area (Å²) in [5, 5.41) is 2.27. The van der Waals surface area contributed by atoms with Gasteiger partial charge in [-0.05, 0) is 49.9 Å². The van der Waals surface area contributed by atoms with Crippen LogP contribution in [0, 0.1) is 0 Å². The van der Waals surface area contributed by atoms with Gasteiger partial charge in [-0.15, -0.1) is 0 Å². The molecule has 0 aromatic heterocycles. The fourth-order valence-electron chi connectivity index (χ4n) is 2.82. The van der Waals surface area contributed by atoms with Crippen molar-refractivity contribution >= 4 is 33.0 Å². The number of benzene rings is 2. The highest BCUT2D eigenvalue weighted by molar-refractivity contribution is 6.85. The van der Waals surface area contributed by atoms with Gasteiger partial charge in [0.25, 0.3) is 22.6 Å². The molecule has 0 atom stereocenters. The van der Waals surface area contributed by atoms with E-state index in [-0.39, 0.29) is 0 Å². The molecule has 156 valence electrons. The van der Waals surface area contributed by atoms with Crippen molar-refractivity contribution in [2.45, 2.75) is 46.5 Å². The Morgan fingerprint density at radius 2 is 1.21 bits per heavy atom. The van der Waals surface area contributed by atoms with Gasteiger partial charge in [0.2, 0.25) is 0 Å². The SMILES string of the molecule is CCCOC(=O)C(C)=C(O[Si](C)(C)c1ccccc1)O[Si](C)(C)c1ccccc1. The molecule has 0 saturated carbocycles. The van der Waals surface area contributed by atoms with E-state index < -0.39 is 22.6 Å². The van der Waals surface area contributed by atoms with Gasteiger partial charge in [0.05, 0.1) is 6.61 Å². The molecule has 0 bridgehead atoms. The summed E-state index contributed by atoms with van der Waals surface area (Å²) < 4.78 is 18.3. The molecule has 0 spiro atoms. The van der Waals surface area contributed by atoms with E-state index in [4.69, 9.17) is 13.6 Å². The minimum Gasteiger partial charge on any atom is -0.515 e. The first-order valence-corrected chi connectivity index (χ1v) is 15.9. The maximum atomic E-state index is 12.6. The first kappa shape index (κ1) is 23.0. The lowest BCUT2D eigenvalue weighted by Gasteiger charge is -2.32. The summed E-state index contributed by atoms with van der Waals surface area (Å²) >= 11 is 0. The third-order valence-corrected chi connectivity index (χ3v) is 9.52. The quantitative estimate of drug-likeness (QED) is 0.256.